The van der Waals surface area contributed by atoms with Crippen LogP contribution in [0.5, 0.6) is 0 Å². The number of aliphatic hydroxyl groups excluding tert-OH is 1. The molecule has 0 heterocycles. The minimum atomic E-state index is -1.02. The fraction of sp³-hybridized carbons (Fsp3) is 0.192. The summed E-state index contributed by atoms with van der Waals surface area (Å²) in [4.78, 5) is 36.0. The molecule has 0 aliphatic heterocycles. The Kier molecular flexibility index (Phi) is 8.37. The zero-order chi connectivity index (χ0) is 24.5. The van der Waals surface area contributed by atoms with Gasteiger partial charge in [0.2, 0.25) is 5.91 Å². The number of urea groups is 1. The molecule has 3 aromatic rings. The van der Waals surface area contributed by atoms with E-state index in [4.69, 9.17) is 0 Å². The topological polar surface area (TPSA) is 117 Å². The predicted octanol–water partition coefficient (Wildman–Crippen LogP) is 4.42. The highest BCUT2D eigenvalue weighted by atomic mass is 16.5. The van der Waals surface area contributed by atoms with Gasteiger partial charge in [-0.2, -0.15) is 0 Å². The first-order valence-electron chi connectivity index (χ1n) is 10.7. The molecule has 1 atom stereocenters. The van der Waals surface area contributed by atoms with Crippen LogP contribution in [0.15, 0.2) is 72.8 Å². The van der Waals surface area contributed by atoms with Crippen LogP contribution in [0.4, 0.5) is 21.9 Å². The van der Waals surface area contributed by atoms with Crippen molar-refractivity contribution in [3.8, 4) is 0 Å². The van der Waals surface area contributed by atoms with E-state index in [-0.39, 0.29) is 24.8 Å². The van der Waals surface area contributed by atoms with Crippen molar-refractivity contribution in [1.29, 1.82) is 0 Å². The van der Waals surface area contributed by atoms with E-state index in [9.17, 15) is 19.5 Å². The summed E-state index contributed by atoms with van der Waals surface area (Å²) in [5.41, 5.74) is 4.07. The maximum Gasteiger partial charge on any atom is 0.323 e. The minimum absolute atomic E-state index is 0.130. The molecule has 0 bridgehead atoms. The summed E-state index contributed by atoms with van der Waals surface area (Å²) in [5, 5.41) is 18.5. The number of carbonyl (C=O) groups is 3. The Morgan fingerprint density at radius 2 is 1.62 bits per heavy atom. The van der Waals surface area contributed by atoms with Crippen LogP contribution < -0.4 is 16.0 Å². The number of aliphatic hydroxyl groups is 1. The lowest BCUT2D eigenvalue weighted by molar-refractivity contribution is -0.142. The molecule has 0 aliphatic rings. The summed E-state index contributed by atoms with van der Waals surface area (Å²) in [6.45, 7) is 1.91. The van der Waals surface area contributed by atoms with Crippen LogP contribution in [-0.4, -0.2) is 30.1 Å². The predicted molar refractivity (Wildman–Crippen MR) is 131 cm³/mol. The van der Waals surface area contributed by atoms with Gasteiger partial charge in [0, 0.05) is 17.1 Å². The molecule has 0 aliphatic carbocycles. The number of aryl methyl sites for hydroxylation is 1. The SMILES string of the molecule is COC(=O)CC(O)c1cccc(NC(=O)Cc2ccc(NC(=O)Nc3ccccc3C)cc2)c1. The van der Waals surface area contributed by atoms with E-state index in [1.165, 1.54) is 7.11 Å². The van der Waals surface area contributed by atoms with Crippen molar-refractivity contribution in [3.05, 3.63) is 89.5 Å². The van der Waals surface area contributed by atoms with Gasteiger partial charge in [-0.15, -0.1) is 0 Å². The van der Waals surface area contributed by atoms with Gasteiger partial charge in [0.1, 0.15) is 0 Å². The third-order valence-corrected chi connectivity index (χ3v) is 5.11. The lowest BCUT2D eigenvalue weighted by Gasteiger charge is -2.12. The Morgan fingerprint density at radius 3 is 2.32 bits per heavy atom. The number of nitrogens with one attached hydrogen (secondary N) is 3. The average Bonchev–Trinajstić information content (AvgIpc) is 2.82. The highest BCUT2D eigenvalue weighted by molar-refractivity contribution is 6.00. The normalized spacial score (nSPS) is 11.3. The highest BCUT2D eigenvalue weighted by Gasteiger charge is 2.14. The summed E-state index contributed by atoms with van der Waals surface area (Å²) in [6.07, 6.45) is -1.06. The highest BCUT2D eigenvalue weighted by Crippen LogP contribution is 2.21. The average molecular weight is 462 g/mol. The zero-order valence-electron chi connectivity index (χ0n) is 19.0. The van der Waals surface area contributed by atoms with E-state index >= 15 is 0 Å². The van der Waals surface area contributed by atoms with Crippen LogP contribution >= 0.6 is 0 Å². The lowest BCUT2D eigenvalue weighted by Crippen LogP contribution is -2.20. The molecule has 3 amide bonds. The molecule has 8 nitrogen and oxygen atoms in total. The minimum Gasteiger partial charge on any atom is -0.469 e. The molecule has 0 aromatic heterocycles. The lowest BCUT2D eigenvalue weighted by atomic mass is 10.1. The number of amides is 3. The standard InChI is InChI=1S/C26H27N3O5/c1-17-6-3-4-9-22(17)29-26(33)28-20-12-10-18(11-13-20)14-24(31)27-21-8-5-7-19(15-21)23(30)16-25(32)34-2/h3-13,15,23,30H,14,16H2,1-2H3,(H,27,31)(H2,28,29,33). The molecule has 0 spiro atoms. The van der Waals surface area contributed by atoms with Crippen molar-refractivity contribution in [2.75, 3.05) is 23.1 Å². The first kappa shape index (κ1) is 24.5. The summed E-state index contributed by atoms with van der Waals surface area (Å²) in [6, 6.07) is 20.8. The first-order chi connectivity index (χ1) is 16.3. The van der Waals surface area contributed by atoms with Gasteiger partial charge in [0.25, 0.3) is 0 Å². The molecular formula is C26H27N3O5. The smallest absolute Gasteiger partial charge is 0.323 e. The molecule has 3 aromatic carbocycles. The Labute approximate surface area is 198 Å². The van der Waals surface area contributed by atoms with Crippen LogP contribution in [0.25, 0.3) is 0 Å². The summed E-state index contributed by atoms with van der Waals surface area (Å²) >= 11 is 0. The van der Waals surface area contributed by atoms with Gasteiger partial charge in [0.15, 0.2) is 0 Å². The van der Waals surface area contributed by atoms with Crippen molar-refractivity contribution >= 4 is 35.0 Å². The van der Waals surface area contributed by atoms with Gasteiger partial charge >= 0.3 is 12.0 Å². The number of methoxy groups -OCH3 is 1. The van der Waals surface area contributed by atoms with Gasteiger partial charge in [-0.05, 0) is 53.9 Å². The van der Waals surface area contributed by atoms with E-state index in [0.29, 0.717) is 16.9 Å². The fourth-order valence-corrected chi connectivity index (χ4v) is 3.28. The van der Waals surface area contributed by atoms with Gasteiger partial charge < -0.3 is 25.8 Å². The largest absolute Gasteiger partial charge is 0.469 e. The summed E-state index contributed by atoms with van der Waals surface area (Å²) in [5.74, 6) is -0.759. The van der Waals surface area contributed by atoms with Crippen LogP contribution in [-0.2, 0) is 20.7 Å². The quantitative estimate of drug-likeness (QED) is 0.371. The maximum absolute atomic E-state index is 12.5. The van der Waals surface area contributed by atoms with Gasteiger partial charge in [0.05, 0.1) is 26.1 Å². The number of hydrogen-bond donors (Lipinski definition) is 4. The van der Waals surface area contributed by atoms with Crippen molar-refractivity contribution in [2.24, 2.45) is 0 Å². The second kappa shape index (κ2) is 11.6. The second-order valence-electron chi connectivity index (χ2n) is 7.74. The summed E-state index contributed by atoms with van der Waals surface area (Å²) < 4.78 is 4.57. The zero-order valence-corrected chi connectivity index (χ0v) is 19.0. The van der Waals surface area contributed by atoms with Crippen molar-refractivity contribution in [1.82, 2.24) is 0 Å². The van der Waals surface area contributed by atoms with Crippen molar-refractivity contribution < 1.29 is 24.2 Å². The van der Waals surface area contributed by atoms with Crippen molar-refractivity contribution in [3.63, 3.8) is 0 Å². The maximum atomic E-state index is 12.5. The Morgan fingerprint density at radius 1 is 0.882 bits per heavy atom. The van der Waals surface area contributed by atoms with Crippen molar-refractivity contribution in [2.45, 2.75) is 25.9 Å². The Hall–Kier alpha value is -4.17. The van der Waals surface area contributed by atoms with Gasteiger partial charge in [-0.3, -0.25) is 9.59 Å². The molecule has 176 valence electrons. The Bertz CT molecular complexity index is 1160. The fourth-order valence-electron chi connectivity index (χ4n) is 3.28. The summed E-state index contributed by atoms with van der Waals surface area (Å²) in [7, 11) is 1.26. The first-order valence-corrected chi connectivity index (χ1v) is 10.7. The molecule has 34 heavy (non-hydrogen) atoms. The molecule has 0 fully saturated rings. The molecule has 4 N–H and O–H groups in total. The molecule has 0 saturated heterocycles. The number of ether oxygens (including phenoxy) is 1. The number of esters is 1. The molecule has 3 rings (SSSR count). The monoisotopic (exact) mass is 461 g/mol. The third kappa shape index (κ3) is 7.18. The molecule has 8 heteroatoms. The molecular weight excluding hydrogens is 434 g/mol. The number of anilines is 3. The van der Waals surface area contributed by atoms with E-state index in [2.05, 4.69) is 20.7 Å². The molecule has 0 saturated carbocycles. The van der Waals surface area contributed by atoms with Gasteiger partial charge in [-0.25, -0.2) is 4.79 Å². The van der Waals surface area contributed by atoms with E-state index in [1.54, 1.807) is 48.5 Å². The van der Waals surface area contributed by atoms with Crippen LogP contribution in [0.1, 0.15) is 29.2 Å². The van der Waals surface area contributed by atoms with E-state index in [1.807, 2.05) is 31.2 Å². The number of carbonyl (C=O) groups excluding carboxylic acids is 3. The number of hydrogen-bond acceptors (Lipinski definition) is 5. The third-order valence-electron chi connectivity index (χ3n) is 5.11. The van der Waals surface area contributed by atoms with Crippen LogP contribution in [0, 0.1) is 6.92 Å². The Balaban J connectivity index is 1.53. The molecule has 0 radical (unpaired) electrons. The van der Waals surface area contributed by atoms with Gasteiger partial charge in [-0.1, -0.05) is 42.5 Å². The van der Waals surface area contributed by atoms with Crippen LogP contribution in [0.2, 0.25) is 0 Å². The van der Waals surface area contributed by atoms with E-state index < -0.39 is 12.1 Å². The second-order valence-corrected chi connectivity index (χ2v) is 7.74. The van der Waals surface area contributed by atoms with E-state index in [0.717, 1.165) is 16.8 Å². The number of para-hydroxylation sites is 1. The number of benzene rings is 3. The molecule has 1 unspecified atom stereocenters. The number of rotatable bonds is 8. The van der Waals surface area contributed by atoms with Crippen LogP contribution in [0.3, 0.4) is 0 Å².